The third kappa shape index (κ3) is 4.84. The summed E-state index contributed by atoms with van der Waals surface area (Å²) in [6.07, 6.45) is 2.43. The van der Waals surface area contributed by atoms with Crippen molar-refractivity contribution in [3.8, 4) is 11.5 Å². The van der Waals surface area contributed by atoms with Crippen LogP contribution in [0.25, 0.3) is 0 Å². The first-order chi connectivity index (χ1) is 15.1. The molecule has 0 saturated carbocycles. The van der Waals surface area contributed by atoms with Gasteiger partial charge in [-0.05, 0) is 54.7 Å². The molecular formula is C24H31N3O4. The van der Waals surface area contributed by atoms with Gasteiger partial charge in [0.05, 0.1) is 14.2 Å². The minimum absolute atomic E-state index is 0.0114. The number of carbonyl (C=O) groups excluding carboxylic acids is 1. The van der Waals surface area contributed by atoms with Crippen molar-refractivity contribution in [1.29, 1.82) is 0 Å². The Kier molecular flexibility index (Phi) is 6.75. The Morgan fingerprint density at radius 3 is 2.52 bits per heavy atom. The molecule has 1 amide bonds. The van der Waals surface area contributed by atoms with E-state index >= 15 is 0 Å². The van der Waals surface area contributed by atoms with Gasteiger partial charge in [-0.2, -0.15) is 0 Å². The summed E-state index contributed by atoms with van der Waals surface area (Å²) in [5, 5.41) is 3.20. The van der Waals surface area contributed by atoms with Gasteiger partial charge in [-0.1, -0.05) is 24.3 Å². The molecule has 7 nitrogen and oxygen atoms in total. The van der Waals surface area contributed by atoms with E-state index in [1.54, 1.807) is 14.2 Å². The highest BCUT2D eigenvalue weighted by Gasteiger charge is 2.37. The van der Waals surface area contributed by atoms with E-state index in [1.165, 1.54) is 5.56 Å². The molecule has 2 unspecified atom stereocenters. The van der Waals surface area contributed by atoms with Crippen LogP contribution in [0.1, 0.15) is 36.4 Å². The number of amides is 1. The summed E-state index contributed by atoms with van der Waals surface area (Å²) in [6.45, 7) is 1.98. The normalized spacial score (nSPS) is 22.6. The maximum absolute atomic E-state index is 13.0. The molecule has 7 heteroatoms. The Balaban J connectivity index is 1.40. The number of hydrazine groups is 1. The minimum atomic E-state index is -0.288. The fourth-order valence-corrected chi connectivity index (χ4v) is 4.46. The quantitative estimate of drug-likeness (QED) is 0.632. The third-order valence-corrected chi connectivity index (χ3v) is 6.47. The van der Waals surface area contributed by atoms with Gasteiger partial charge in [-0.15, -0.1) is 0 Å². The molecule has 0 aliphatic carbocycles. The van der Waals surface area contributed by atoms with E-state index in [2.05, 4.69) is 28.3 Å². The predicted molar refractivity (Wildman–Crippen MR) is 118 cm³/mol. The molecular weight excluding hydrogens is 394 g/mol. The lowest BCUT2D eigenvalue weighted by Crippen LogP contribution is -2.49. The molecule has 2 heterocycles. The second-order valence-electron chi connectivity index (χ2n) is 8.25. The topological polar surface area (TPSA) is 80.9 Å². The molecule has 2 aromatic rings. The van der Waals surface area contributed by atoms with E-state index in [1.807, 2.05) is 36.4 Å². The Hall–Kier alpha value is -2.61. The SMILES string of the molecule is COc1ccc(C2(CNC(=O)C3CC(c4cccc(OC)c4)NN3)CCOCC2)cc1. The summed E-state index contributed by atoms with van der Waals surface area (Å²) < 4.78 is 16.2. The zero-order valence-corrected chi connectivity index (χ0v) is 18.1. The van der Waals surface area contributed by atoms with Crippen LogP contribution < -0.4 is 25.6 Å². The lowest BCUT2D eigenvalue weighted by atomic mass is 9.74. The molecule has 0 aromatic heterocycles. The summed E-state index contributed by atoms with van der Waals surface area (Å²) in [5.41, 5.74) is 8.58. The molecule has 166 valence electrons. The van der Waals surface area contributed by atoms with Gasteiger partial charge in [-0.3, -0.25) is 4.79 Å². The minimum Gasteiger partial charge on any atom is -0.497 e. The number of ether oxygens (including phenoxy) is 3. The Morgan fingerprint density at radius 1 is 1.06 bits per heavy atom. The van der Waals surface area contributed by atoms with Crippen LogP contribution in [0.2, 0.25) is 0 Å². The molecule has 4 rings (SSSR count). The zero-order valence-electron chi connectivity index (χ0n) is 18.1. The van der Waals surface area contributed by atoms with Crippen LogP contribution in [0.3, 0.4) is 0 Å². The first-order valence-corrected chi connectivity index (χ1v) is 10.8. The third-order valence-electron chi connectivity index (χ3n) is 6.47. The standard InChI is InChI=1S/C24H31N3O4/c1-29-19-8-6-18(7-9-19)24(10-12-31-13-11-24)16-25-23(28)22-15-21(26-27-22)17-4-3-5-20(14-17)30-2/h3-9,14,21-22,26-27H,10-13,15-16H2,1-2H3,(H,25,28). The number of benzene rings is 2. The number of methoxy groups -OCH3 is 2. The second-order valence-corrected chi connectivity index (χ2v) is 8.25. The fourth-order valence-electron chi connectivity index (χ4n) is 4.46. The van der Waals surface area contributed by atoms with Crippen LogP contribution in [0.4, 0.5) is 0 Å². The number of rotatable bonds is 7. The van der Waals surface area contributed by atoms with E-state index < -0.39 is 0 Å². The van der Waals surface area contributed by atoms with E-state index in [0.29, 0.717) is 26.2 Å². The molecule has 0 spiro atoms. The molecule has 31 heavy (non-hydrogen) atoms. The monoisotopic (exact) mass is 425 g/mol. The summed E-state index contributed by atoms with van der Waals surface area (Å²) in [5.74, 6) is 1.66. The van der Waals surface area contributed by atoms with Gasteiger partial charge >= 0.3 is 0 Å². The number of carbonyl (C=O) groups is 1. The lowest BCUT2D eigenvalue weighted by Gasteiger charge is -2.38. The van der Waals surface area contributed by atoms with Crippen LogP contribution in [0.15, 0.2) is 48.5 Å². The summed E-state index contributed by atoms with van der Waals surface area (Å²) >= 11 is 0. The van der Waals surface area contributed by atoms with E-state index in [4.69, 9.17) is 14.2 Å². The maximum atomic E-state index is 13.0. The van der Waals surface area contributed by atoms with Crippen molar-refractivity contribution < 1.29 is 19.0 Å². The average Bonchev–Trinajstić information content (AvgIpc) is 3.34. The Labute approximate surface area is 183 Å². The first kappa shape index (κ1) is 21.6. The van der Waals surface area contributed by atoms with Crippen molar-refractivity contribution >= 4 is 5.91 Å². The molecule has 0 bridgehead atoms. The molecule has 2 fully saturated rings. The van der Waals surface area contributed by atoms with Crippen molar-refractivity contribution in [2.24, 2.45) is 0 Å². The van der Waals surface area contributed by atoms with Crippen molar-refractivity contribution in [3.05, 3.63) is 59.7 Å². The van der Waals surface area contributed by atoms with Crippen molar-refractivity contribution in [2.45, 2.75) is 36.8 Å². The predicted octanol–water partition coefficient (Wildman–Crippen LogP) is 2.48. The van der Waals surface area contributed by atoms with Gasteiger partial charge in [0, 0.05) is 31.2 Å². The van der Waals surface area contributed by atoms with Crippen LogP contribution >= 0.6 is 0 Å². The highest BCUT2D eigenvalue weighted by atomic mass is 16.5. The molecule has 2 saturated heterocycles. The number of nitrogens with one attached hydrogen (secondary N) is 3. The van der Waals surface area contributed by atoms with Crippen molar-refractivity contribution in [3.63, 3.8) is 0 Å². The fraction of sp³-hybridized carbons (Fsp3) is 0.458. The summed E-state index contributed by atoms with van der Waals surface area (Å²) in [6, 6.07) is 15.9. The molecule has 2 atom stereocenters. The zero-order chi connectivity index (χ0) is 21.7. The maximum Gasteiger partial charge on any atom is 0.238 e. The Morgan fingerprint density at radius 2 is 1.81 bits per heavy atom. The van der Waals surface area contributed by atoms with Crippen LogP contribution in [0.5, 0.6) is 11.5 Å². The number of hydrogen-bond acceptors (Lipinski definition) is 6. The van der Waals surface area contributed by atoms with Gasteiger partial charge in [0.2, 0.25) is 5.91 Å². The molecule has 2 aliphatic heterocycles. The van der Waals surface area contributed by atoms with Gasteiger partial charge in [0.15, 0.2) is 0 Å². The highest BCUT2D eigenvalue weighted by molar-refractivity contribution is 5.82. The Bertz CT molecular complexity index is 881. The first-order valence-electron chi connectivity index (χ1n) is 10.8. The van der Waals surface area contributed by atoms with E-state index in [0.717, 1.165) is 29.9 Å². The van der Waals surface area contributed by atoms with Crippen molar-refractivity contribution in [2.75, 3.05) is 34.0 Å². The van der Waals surface area contributed by atoms with E-state index in [-0.39, 0.29) is 23.4 Å². The summed E-state index contributed by atoms with van der Waals surface area (Å²) in [4.78, 5) is 13.0. The average molecular weight is 426 g/mol. The van der Waals surface area contributed by atoms with E-state index in [9.17, 15) is 4.79 Å². The molecule has 2 aromatic carbocycles. The van der Waals surface area contributed by atoms with Gasteiger partial charge in [-0.25, -0.2) is 10.9 Å². The van der Waals surface area contributed by atoms with Crippen LogP contribution in [-0.4, -0.2) is 45.9 Å². The van der Waals surface area contributed by atoms with Crippen LogP contribution in [0, 0.1) is 0 Å². The largest absolute Gasteiger partial charge is 0.497 e. The van der Waals surface area contributed by atoms with Gasteiger partial charge in [0.1, 0.15) is 17.5 Å². The molecule has 2 aliphatic rings. The van der Waals surface area contributed by atoms with Gasteiger partial charge in [0.25, 0.3) is 0 Å². The summed E-state index contributed by atoms with van der Waals surface area (Å²) in [7, 11) is 3.32. The molecule has 3 N–H and O–H groups in total. The highest BCUT2D eigenvalue weighted by Crippen LogP contribution is 2.35. The van der Waals surface area contributed by atoms with Crippen LogP contribution in [-0.2, 0) is 14.9 Å². The second kappa shape index (κ2) is 9.68. The smallest absolute Gasteiger partial charge is 0.238 e. The number of hydrogen-bond donors (Lipinski definition) is 3. The van der Waals surface area contributed by atoms with Crippen molar-refractivity contribution in [1.82, 2.24) is 16.2 Å². The molecule has 0 radical (unpaired) electrons. The lowest BCUT2D eigenvalue weighted by molar-refractivity contribution is -0.123. The van der Waals surface area contributed by atoms with Gasteiger partial charge < -0.3 is 19.5 Å².